The maximum Gasteiger partial charge on any atom is 0.191 e. The summed E-state index contributed by atoms with van der Waals surface area (Å²) in [4.78, 5) is 4.77. The van der Waals surface area contributed by atoms with Crippen LogP contribution in [0, 0.1) is 10.8 Å². The summed E-state index contributed by atoms with van der Waals surface area (Å²) in [6.45, 7) is 15.3. The number of hydrogen-bond acceptors (Lipinski definition) is 3. The molecule has 1 aliphatic heterocycles. The predicted octanol–water partition coefficient (Wildman–Crippen LogP) is 3.18. The Hall–Kier alpha value is -0.0800. The van der Waals surface area contributed by atoms with Crippen LogP contribution in [0.5, 0.6) is 0 Å². The zero-order valence-electron chi connectivity index (χ0n) is 16.0. The molecule has 1 saturated heterocycles. The van der Waals surface area contributed by atoms with Crippen LogP contribution in [0.4, 0.5) is 0 Å². The van der Waals surface area contributed by atoms with E-state index in [4.69, 9.17) is 14.5 Å². The summed E-state index contributed by atoms with van der Waals surface area (Å²) < 4.78 is 11.3. The van der Waals surface area contributed by atoms with Gasteiger partial charge in [0.15, 0.2) is 5.96 Å². The first-order valence-electron chi connectivity index (χ1n) is 9.15. The minimum Gasteiger partial charge on any atom is -0.380 e. The van der Waals surface area contributed by atoms with Crippen LogP contribution in [0.2, 0.25) is 0 Å². The molecule has 2 aliphatic rings. The molecule has 0 radical (unpaired) electrons. The zero-order chi connectivity index (χ0) is 16.9. The highest BCUT2D eigenvalue weighted by Gasteiger charge is 2.49. The van der Waals surface area contributed by atoms with Crippen molar-refractivity contribution in [1.82, 2.24) is 10.6 Å². The van der Waals surface area contributed by atoms with Crippen molar-refractivity contribution in [3.8, 4) is 0 Å². The topological polar surface area (TPSA) is 54.9 Å². The number of guanidine groups is 1. The molecule has 0 aromatic heterocycles. The maximum atomic E-state index is 6.03. The number of unbranched alkanes of at least 4 members (excludes halogenated alkanes) is 1. The van der Waals surface area contributed by atoms with Gasteiger partial charge < -0.3 is 20.1 Å². The number of halogens is 1. The largest absolute Gasteiger partial charge is 0.380 e. The van der Waals surface area contributed by atoms with E-state index in [-0.39, 0.29) is 34.8 Å². The molecule has 0 bridgehead atoms. The van der Waals surface area contributed by atoms with E-state index in [2.05, 4.69) is 45.3 Å². The van der Waals surface area contributed by atoms with Crippen LogP contribution in [0.25, 0.3) is 0 Å². The molecule has 142 valence electrons. The molecule has 2 atom stereocenters. The molecule has 0 aromatic carbocycles. The first-order chi connectivity index (χ1) is 10.9. The molecule has 1 aliphatic carbocycles. The van der Waals surface area contributed by atoms with Crippen LogP contribution in [-0.2, 0) is 9.47 Å². The third-order valence-electron chi connectivity index (χ3n) is 5.17. The second-order valence-electron chi connectivity index (χ2n) is 7.97. The smallest absolute Gasteiger partial charge is 0.191 e. The number of hydrogen-bond donors (Lipinski definition) is 2. The highest BCUT2D eigenvalue weighted by Crippen LogP contribution is 2.42. The molecule has 1 heterocycles. The Labute approximate surface area is 164 Å². The summed E-state index contributed by atoms with van der Waals surface area (Å²) >= 11 is 0. The molecule has 2 N–H and O–H groups in total. The summed E-state index contributed by atoms with van der Waals surface area (Å²) in [6, 6.07) is 0.414. The van der Waals surface area contributed by atoms with E-state index >= 15 is 0 Å². The van der Waals surface area contributed by atoms with Gasteiger partial charge in [0.2, 0.25) is 0 Å². The molecule has 2 unspecified atom stereocenters. The van der Waals surface area contributed by atoms with Gasteiger partial charge in [-0.25, -0.2) is 0 Å². The Morgan fingerprint density at radius 3 is 2.46 bits per heavy atom. The monoisotopic (exact) mass is 453 g/mol. The van der Waals surface area contributed by atoms with Crippen molar-refractivity contribution in [2.24, 2.45) is 15.8 Å². The van der Waals surface area contributed by atoms with Crippen LogP contribution >= 0.6 is 24.0 Å². The Kier molecular flexibility index (Phi) is 8.76. The first-order valence-corrected chi connectivity index (χ1v) is 9.15. The van der Waals surface area contributed by atoms with Crippen molar-refractivity contribution >= 4 is 29.9 Å². The number of nitrogens with one attached hydrogen (secondary N) is 2. The molecule has 2 fully saturated rings. The Morgan fingerprint density at radius 2 is 1.96 bits per heavy atom. The van der Waals surface area contributed by atoms with E-state index < -0.39 is 0 Å². The van der Waals surface area contributed by atoms with Gasteiger partial charge in [-0.05, 0) is 19.8 Å². The van der Waals surface area contributed by atoms with E-state index in [1.165, 1.54) is 6.42 Å². The minimum atomic E-state index is 0. The van der Waals surface area contributed by atoms with Gasteiger partial charge in [-0.3, -0.25) is 4.99 Å². The lowest BCUT2D eigenvalue weighted by Crippen LogP contribution is -2.63. The lowest BCUT2D eigenvalue weighted by atomic mass is 9.64. The van der Waals surface area contributed by atoms with Gasteiger partial charge in [0.05, 0.1) is 25.9 Å². The number of ether oxygens (including phenoxy) is 2. The minimum absolute atomic E-state index is 0. The van der Waals surface area contributed by atoms with Gasteiger partial charge in [0.25, 0.3) is 0 Å². The van der Waals surface area contributed by atoms with Gasteiger partial charge >= 0.3 is 0 Å². The van der Waals surface area contributed by atoms with Gasteiger partial charge in [0, 0.05) is 30.0 Å². The van der Waals surface area contributed by atoms with E-state index in [0.29, 0.717) is 12.1 Å². The molecule has 6 heteroatoms. The second-order valence-corrected chi connectivity index (χ2v) is 7.97. The van der Waals surface area contributed by atoms with Crippen molar-refractivity contribution in [1.29, 1.82) is 0 Å². The Morgan fingerprint density at radius 1 is 1.25 bits per heavy atom. The normalized spacial score (nSPS) is 27.5. The summed E-state index contributed by atoms with van der Waals surface area (Å²) in [7, 11) is 0. The molecule has 2 rings (SSSR count). The molecule has 5 nitrogen and oxygen atoms in total. The molecule has 0 aromatic rings. The maximum absolute atomic E-state index is 6.03. The van der Waals surface area contributed by atoms with Crippen LogP contribution in [0.15, 0.2) is 4.99 Å². The molecular formula is C18H36IN3O2. The number of nitrogens with zero attached hydrogens (tertiary/aromatic N) is 1. The third kappa shape index (κ3) is 5.46. The third-order valence-corrected chi connectivity index (χ3v) is 5.17. The summed E-state index contributed by atoms with van der Waals surface area (Å²) in [6.07, 6.45) is 3.75. The molecule has 1 saturated carbocycles. The van der Waals surface area contributed by atoms with Crippen molar-refractivity contribution in [3.63, 3.8) is 0 Å². The number of rotatable bonds is 8. The van der Waals surface area contributed by atoms with Crippen LogP contribution in [0.3, 0.4) is 0 Å². The van der Waals surface area contributed by atoms with E-state index in [1.54, 1.807) is 0 Å². The van der Waals surface area contributed by atoms with Crippen molar-refractivity contribution in [2.45, 2.75) is 66.0 Å². The molecule has 0 spiro atoms. The van der Waals surface area contributed by atoms with E-state index in [0.717, 1.165) is 51.7 Å². The number of aliphatic imine (C=N–C) groups is 1. The average molecular weight is 453 g/mol. The van der Waals surface area contributed by atoms with E-state index in [9.17, 15) is 0 Å². The van der Waals surface area contributed by atoms with Gasteiger partial charge in [-0.1, -0.05) is 34.1 Å². The van der Waals surface area contributed by atoms with Crippen LogP contribution < -0.4 is 10.6 Å². The quantitative estimate of drug-likeness (QED) is 0.257. The molecule has 24 heavy (non-hydrogen) atoms. The highest BCUT2D eigenvalue weighted by molar-refractivity contribution is 14.0. The summed E-state index contributed by atoms with van der Waals surface area (Å²) in [5.41, 5.74) is 0.358. The van der Waals surface area contributed by atoms with Crippen LogP contribution in [0.1, 0.15) is 53.9 Å². The van der Waals surface area contributed by atoms with Crippen molar-refractivity contribution < 1.29 is 9.47 Å². The average Bonchev–Trinajstić information content (AvgIpc) is 2.49. The molecule has 0 amide bonds. The van der Waals surface area contributed by atoms with Crippen molar-refractivity contribution in [3.05, 3.63) is 0 Å². The Balaban J connectivity index is 0.00000288. The van der Waals surface area contributed by atoms with Gasteiger partial charge in [0.1, 0.15) is 0 Å². The predicted molar refractivity (Wildman–Crippen MR) is 110 cm³/mol. The standard InChI is InChI=1S/C18H35N3O2.HI/c1-6-8-9-23-15-10-14(17(15,3)4)21-16(19-7-2)20-11-18(5)12-22-13-18;/h14-15H,6-13H2,1-5H3,(H2,19,20,21);1H. The van der Waals surface area contributed by atoms with Crippen LogP contribution in [-0.4, -0.2) is 51.0 Å². The zero-order valence-corrected chi connectivity index (χ0v) is 18.3. The second kappa shape index (κ2) is 9.57. The molecular weight excluding hydrogens is 417 g/mol. The lowest BCUT2D eigenvalue weighted by molar-refractivity contribution is -0.113. The highest BCUT2D eigenvalue weighted by atomic mass is 127. The Bertz CT molecular complexity index is 411. The lowest BCUT2D eigenvalue weighted by Gasteiger charge is -2.52. The summed E-state index contributed by atoms with van der Waals surface area (Å²) in [5.74, 6) is 0.922. The van der Waals surface area contributed by atoms with E-state index in [1.807, 2.05) is 0 Å². The fourth-order valence-corrected chi connectivity index (χ4v) is 3.08. The van der Waals surface area contributed by atoms with Gasteiger partial charge in [-0.2, -0.15) is 0 Å². The summed E-state index contributed by atoms with van der Waals surface area (Å²) in [5, 5.41) is 6.97. The van der Waals surface area contributed by atoms with Gasteiger partial charge in [-0.15, -0.1) is 24.0 Å². The van der Waals surface area contributed by atoms with Crippen molar-refractivity contribution in [2.75, 3.05) is 32.9 Å². The fourth-order valence-electron chi connectivity index (χ4n) is 3.08. The first kappa shape index (κ1) is 22.0. The SMILES string of the molecule is CCCCOC1CC(NC(=NCC2(C)COC2)NCC)C1(C)C.I. The fraction of sp³-hybridized carbons (Fsp3) is 0.944.